The lowest BCUT2D eigenvalue weighted by Gasteiger charge is -2.17. The molecule has 0 saturated carbocycles. The van der Waals surface area contributed by atoms with Gasteiger partial charge in [-0.25, -0.2) is 4.39 Å². The number of carbonyl (C=O) groups is 2. The van der Waals surface area contributed by atoms with Gasteiger partial charge in [0.2, 0.25) is 5.91 Å². The molecule has 0 fully saturated rings. The van der Waals surface area contributed by atoms with Crippen molar-refractivity contribution in [3.8, 4) is 5.69 Å². The molecule has 1 aromatic heterocycles. The van der Waals surface area contributed by atoms with Gasteiger partial charge in [-0.05, 0) is 65.7 Å². The molecule has 1 N–H and O–H groups in total. The van der Waals surface area contributed by atoms with E-state index < -0.39 is 5.82 Å². The highest BCUT2D eigenvalue weighted by atomic mass is 32.2. The van der Waals surface area contributed by atoms with Crippen molar-refractivity contribution in [3.63, 3.8) is 0 Å². The van der Waals surface area contributed by atoms with Crippen molar-refractivity contribution in [3.05, 3.63) is 89.5 Å². The quantitative estimate of drug-likeness (QED) is 0.412. The number of anilines is 2. The van der Waals surface area contributed by atoms with Gasteiger partial charge < -0.3 is 10.2 Å². The topological polar surface area (TPSA) is 93.0 Å². The summed E-state index contributed by atoms with van der Waals surface area (Å²) in [6.45, 7) is 2.31. The van der Waals surface area contributed by atoms with Crippen molar-refractivity contribution >= 4 is 35.0 Å². The number of rotatable bonds is 6. The Morgan fingerprint density at radius 2 is 1.86 bits per heavy atom. The van der Waals surface area contributed by atoms with Crippen LogP contribution in [-0.4, -0.2) is 44.3 Å². The fourth-order valence-corrected chi connectivity index (χ4v) is 4.93. The van der Waals surface area contributed by atoms with Crippen LogP contribution in [0.4, 0.5) is 15.8 Å². The summed E-state index contributed by atoms with van der Waals surface area (Å²) < 4.78 is 15.6. The monoisotopic (exact) mass is 488 g/mol. The Balaban J connectivity index is 1.30. The Hall–Kier alpha value is -4.05. The maximum Gasteiger partial charge on any atom is 0.256 e. The maximum atomic E-state index is 14.4. The summed E-state index contributed by atoms with van der Waals surface area (Å²) in [5.41, 5.74) is 3.07. The average molecular weight is 489 g/mol. The van der Waals surface area contributed by atoms with Crippen molar-refractivity contribution in [2.24, 2.45) is 0 Å². The van der Waals surface area contributed by atoms with E-state index in [9.17, 15) is 14.0 Å². The molecule has 1 aliphatic heterocycles. The maximum absolute atomic E-state index is 14.4. The molecular formula is C25H21FN6O2S. The number of fused-ring (bicyclic) bond motifs is 1. The molecule has 176 valence electrons. The average Bonchev–Trinajstić information content (AvgIpc) is 3.50. The predicted molar refractivity (Wildman–Crippen MR) is 131 cm³/mol. The van der Waals surface area contributed by atoms with E-state index in [0.29, 0.717) is 28.5 Å². The van der Waals surface area contributed by atoms with Gasteiger partial charge in [-0.2, -0.15) is 4.68 Å². The molecule has 35 heavy (non-hydrogen) atoms. The number of hydrogen-bond donors (Lipinski definition) is 1. The Morgan fingerprint density at radius 3 is 2.69 bits per heavy atom. The van der Waals surface area contributed by atoms with Crippen molar-refractivity contribution in [2.45, 2.75) is 18.2 Å². The third-order valence-corrected chi connectivity index (χ3v) is 6.79. The minimum absolute atomic E-state index is 0.00449. The van der Waals surface area contributed by atoms with Gasteiger partial charge in [-0.1, -0.05) is 30.3 Å². The number of para-hydroxylation sites is 1. The van der Waals surface area contributed by atoms with Crippen molar-refractivity contribution < 1.29 is 14.0 Å². The summed E-state index contributed by atoms with van der Waals surface area (Å²) in [6.07, 6.45) is 0.843. The van der Waals surface area contributed by atoms with Crippen LogP contribution in [0.2, 0.25) is 0 Å². The number of hydrogen-bond acceptors (Lipinski definition) is 6. The molecule has 3 aromatic carbocycles. The number of nitrogens with zero attached hydrogens (tertiary/aromatic N) is 5. The zero-order valence-corrected chi connectivity index (χ0v) is 19.6. The van der Waals surface area contributed by atoms with Crippen LogP contribution in [0.3, 0.4) is 0 Å². The first kappa shape index (κ1) is 22.7. The second-order valence-electron chi connectivity index (χ2n) is 7.97. The molecule has 2 amide bonds. The molecule has 0 unspecified atom stereocenters. The highest BCUT2D eigenvalue weighted by Crippen LogP contribution is 2.30. The van der Waals surface area contributed by atoms with Gasteiger partial charge in [-0.3, -0.25) is 9.59 Å². The van der Waals surface area contributed by atoms with Crippen LogP contribution in [0.25, 0.3) is 5.69 Å². The van der Waals surface area contributed by atoms with Gasteiger partial charge in [0, 0.05) is 22.8 Å². The van der Waals surface area contributed by atoms with Crippen molar-refractivity contribution in [1.29, 1.82) is 0 Å². The predicted octanol–water partition coefficient (Wildman–Crippen LogP) is 4.04. The molecule has 0 atom stereocenters. The fraction of sp³-hybridized carbons (Fsp3) is 0.160. The molecular weight excluding hydrogens is 467 g/mol. The van der Waals surface area contributed by atoms with Gasteiger partial charge >= 0.3 is 0 Å². The minimum atomic E-state index is -0.517. The molecule has 0 saturated heterocycles. The normalized spacial score (nSPS) is 12.5. The number of amides is 2. The number of aromatic nitrogens is 4. The third-order valence-electron chi connectivity index (χ3n) is 5.73. The zero-order chi connectivity index (χ0) is 24.4. The highest BCUT2D eigenvalue weighted by molar-refractivity contribution is 8.00. The number of thioether (sulfide) groups is 1. The lowest BCUT2D eigenvalue weighted by Crippen LogP contribution is -2.30. The Labute approximate surface area is 205 Å². The van der Waals surface area contributed by atoms with Crippen LogP contribution in [0.15, 0.2) is 71.6 Å². The van der Waals surface area contributed by atoms with Crippen molar-refractivity contribution in [1.82, 2.24) is 20.2 Å². The van der Waals surface area contributed by atoms with Crippen LogP contribution in [0.1, 0.15) is 21.7 Å². The number of halogens is 1. The second-order valence-corrected chi connectivity index (χ2v) is 8.98. The van der Waals surface area contributed by atoms with E-state index in [0.717, 1.165) is 12.1 Å². The number of aryl methyl sites for hydroxylation is 1. The first-order valence-electron chi connectivity index (χ1n) is 11.0. The van der Waals surface area contributed by atoms with E-state index in [-0.39, 0.29) is 23.3 Å². The first-order chi connectivity index (χ1) is 17.0. The highest BCUT2D eigenvalue weighted by Gasteiger charge is 2.24. The molecule has 5 rings (SSSR count). The summed E-state index contributed by atoms with van der Waals surface area (Å²) in [5, 5.41) is 13.9. The molecule has 10 heteroatoms. The van der Waals surface area contributed by atoms with Crippen LogP contribution in [0.5, 0.6) is 0 Å². The van der Waals surface area contributed by atoms with E-state index in [1.807, 2.05) is 36.4 Å². The number of nitrogens with one attached hydrogen (secondary N) is 1. The number of benzene rings is 3. The van der Waals surface area contributed by atoms with Gasteiger partial charge in [0.05, 0.1) is 11.3 Å². The Morgan fingerprint density at radius 1 is 1.06 bits per heavy atom. The third kappa shape index (κ3) is 4.65. The van der Waals surface area contributed by atoms with E-state index in [1.54, 1.807) is 24.0 Å². The zero-order valence-electron chi connectivity index (χ0n) is 18.8. The van der Waals surface area contributed by atoms with Crippen LogP contribution in [0, 0.1) is 12.7 Å². The standard InChI is InChI=1S/C25H21FN6O2S/c1-16-28-29-30-32(16)22-14-18(10-11-20(22)26)27-25(34)19-7-3-5-9-23(19)35-15-24(33)31-13-12-17-6-2-4-8-21(17)31/h2-11,14H,12-13,15H2,1H3,(H,27,34). The van der Waals surface area contributed by atoms with Gasteiger partial charge in [0.15, 0.2) is 5.82 Å². The van der Waals surface area contributed by atoms with E-state index in [4.69, 9.17) is 0 Å². The molecule has 4 aromatic rings. The lowest BCUT2D eigenvalue weighted by molar-refractivity contribution is -0.116. The molecule has 0 bridgehead atoms. The Bertz CT molecular complexity index is 1420. The fourth-order valence-electron chi connectivity index (χ4n) is 4.00. The van der Waals surface area contributed by atoms with Crippen LogP contribution < -0.4 is 10.2 Å². The van der Waals surface area contributed by atoms with Crippen LogP contribution in [-0.2, 0) is 11.2 Å². The minimum Gasteiger partial charge on any atom is -0.322 e. The number of tetrazole rings is 1. The molecule has 0 spiro atoms. The molecule has 1 aliphatic rings. The van der Waals surface area contributed by atoms with E-state index in [2.05, 4.69) is 20.8 Å². The summed E-state index contributed by atoms with van der Waals surface area (Å²) in [6, 6.07) is 19.2. The second kappa shape index (κ2) is 9.67. The Kier molecular flexibility index (Phi) is 6.28. The lowest BCUT2D eigenvalue weighted by atomic mass is 10.2. The van der Waals surface area contributed by atoms with Crippen LogP contribution >= 0.6 is 11.8 Å². The molecule has 0 aliphatic carbocycles. The van der Waals surface area contributed by atoms with E-state index in [1.165, 1.54) is 40.2 Å². The summed E-state index contributed by atoms with van der Waals surface area (Å²) >= 11 is 1.32. The summed E-state index contributed by atoms with van der Waals surface area (Å²) in [7, 11) is 0. The molecule has 8 nitrogen and oxygen atoms in total. The largest absolute Gasteiger partial charge is 0.322 e. The molecule has 0 radical (unpaired) electrons. The SMILES string of the molecule is Cc1nnnn1-c1cc(NC(=O)c2ccccc2SCC(=O)N2CCc3ccccc32)ccc1F. The van der Waals surface area contributed by atoms with Gasteiger partial charge in [0.25, 0.3) is 5.91 Å². The summed E-state index contributed by atoms with van der Waals surface area (Å²) in [4.78, 5) is 28.5. The summed E-state index contributed by atoms with van der Waals surface area (Å²) in [5.74, 6) is -0.262. The first-order valence-corrected chi connectivity index (χ1v) is 12.0. The number of carbonyl (C=O) groups excluding carboxylic acids is 2. The van der Waals surface area contributed by atoms with Crippen molar-refractivity contribution in [2.75, 3.05) is 22.5 Å². The van der Waals surface area contributed by atoms with Gasteiger partial charge in [-0.15, -0.1) is 16.9 Å². The molecule has 2 heterocycles. The van der Waals surface area contributed by atoms with E-state index >= 15 is 0 Å². The smallest absolute Gasteiger partial charge is 0.256 e. The van der Waals surface area contributed by atoms with Gasteiger partial charge in [0.1, 0.15) is 11.5 Å².